The van der Waals surface area contributed by atoms with Crippen molar-refractivity contribution in [1.82, 2.24) is 14.8 Å². The van der Waals surface area contributed by atoms with Crippen LogP contribution in [0.15, 0.2) is 24.5 Å². The van der Waals surface area contributed by atoms with Gasteiger partial charge in [-0.3, -0.25) is 14.7 Å². The van der Waals surface area contributed by atoms with Gasteiger partial charge in [0.15, 0.2) is 0 Å². The Balaban J connectivity index is 1.40. The van der Waals surface area contributed by atoms with Gasteiger partial charge in [-0.2, -0.15) is 0 Å². The number of carbonyl (C=O) groups is 1. The molecule has 0 aromatic carbocycles. The fourth-order valence-electron chi connectivity index (χ4n) is 4.56. The Morgan fingerprint density at radius 1 is 1.39 bits per heavy atom. The fraction of sp³-hybridized carbons (Fsp3) is 0.684. The van der Waals surface area contributed by atoms with E-state index in [2.05, 4.69) is 23.0 Å². The number of rotatable bonds is 5. The summed E-state index contributed by atoms with van der Waals surface area (Å²) in [6, 6.07) is 4.56. The molecule has 23 heavy (non-hydrogen) atoms. The van der Waals surface area contributed by atoms with Crippen molar-refractivity contribution in [2.75, 3.05) is 27.2 Å². The van der Waals surface area contributed by atoms with E-state index in [-0.39, 0.29) is 0 Å². The van der Waals surface area contributed by atoms with Gasteiger partial charge < -0.3 is 4.90 Å². The Kier molecular flexibility index (Phi) is 3.88. The molecule has 0 N–H and O–H groups in total. The van der Waals surface area contributed by atoms with Crippen molar-refractivity contribution < 1.29 is 4.79 Å². The maximum absolute atomic E-state index is 12.7. The second-order valence-corrected chi connectivity index (χ2v) is 7.82. The van der Waals surface area contributed by atoms with Crippen LogP contribution in [0.25, 0.3) is 0 Å². The lowest BCUT2D eigenvalue weighted by molar-refractivity contribution is -0.132. The summed E-state index contributed by atoms with van der Waals surface area (Å²) in [5.74, 6) is 2.82. The second-order valence-electron chi connectivity index (χ2n) is 7.82. The average molecular weight is 313 g/mol. The predicted molar refractivity (Wildman–Crippen MR) is 89.7 cm³/mol. The number of hydrogen-bond donors (Lipinski definition) is 0. The Labute approximate surface area is 138 Å². The molecule has 2 heterocycles. The van der Waals surface area contributed by atoms with Gasteiger partial charge in [-0.15, -0.1) is 0 Å². The highest BCUT2D eigenvalue weighted by molar-refractivity contribution is 5.81. The Bertz CT molecular complexity index is 571. The second kappa shape index (κ2) is 5.90. The van der Waals surface area contributed by atoms with Gasteiger partial charge >= 0.3 is 0 Å². The van der Waals surface area contributed by atoms with E-state index in [1.165, 1.54) is 18.4 Å². The SMILES string of the molecule is CN(C[C@@H]1CCN(C)[C@H]1c1cccnc1)C(=O)C1CC1C1CC1. The van der Waals surface area contributed by atoms with E-state index < -0.39 is 0 Å². The normalized spacial score (nSPS) is 33.7. The van der Waals surface area contributed by atoms with Crippen molar-refractivity contribution in [1.29, 1.82) is 0 Å². The highest BCUT2D eigenvalue weighted by Crippen LogP contribution is 2.55. The van der Waals surface area contributed by atoms with Crippen LogP contribution in [0, 0.1) is 23.7 Å². The van der Waals surface area contributed by atoms with Gasteiger partial charge in [-0.25, -0.2) is 0 Å². The first-order chi connectivity index (χ1) is 11.1. The summed E-state index contributed by atoms with van der Waals surface area (Å²) in [5.41, 5.74) is 1.28. The molecule has 3 aliphatic rings. The summed E-state index contributed by atoms with van der Waals surface area (Å²) in [7, 11) is 4.19. The highest BCUT2D eigenvalue weighted by Gasteiger charge is 2.52. The van der Waals surface area contributed by atoms with Crippen molar-refractivity contribution in [2.24, 2.45) is 23.7 Å². The molecule has 0 bridgehead atoms. The van der Waals surface area contributed by atoms with E-state index in [9.17, 15) is 4.79 Å². The lowest BCUT2D eigenvalue weighted by Crippen LogP contribution is -2.35. The van der Waals surface area contributed by atoms with Crippen LogP contribution < -0.4 is 0 Å². The number of hydrogen-bond acceptors (Lipinski definition) is 3. The number of pyridine rings is 1. The van der Waals surface area contributed by atoms with Crippen LogP contribution in [0.2, 0.25) is 0 Å². The minimum Gasteiger partial charge on any atom is -0.345 e. The summed E-state index contributed by atoms with van der Waals surface area (Å²) >= 11 is 0. The molecule has 4 heteroatoms. The third-order valence-corrected chi connectivity index (χ3v) is 6.07. The van der Waals surface area contributed by atoms with Crippen LogP contribution in [0.3, 0.4) is 0 Å². The van der Waals surface area contributed by atoms with Crippen molar-refractivity contribution in [2.45, 2.75) is 31.7 Å². The summed E-state index contributed by atoms with van der Waals surface area (Å²) < 4.78 is 0. The summed E-state index contributed by atoms with van der Waals surface area (Å²) in [5, 5.41) is 0. The minimum absolute atomic E-state index is 0.337. The molecule has 4 nitrogen and oxygen atoms in total. The lowest BCUT2D eigenvalue weighted by atomic mass is 9.94. The molecule has 4 atom stereocenters. The summed E-state index contributed by atoms with van der Waals surface area (Å²) in [6.07, 6.45) is 8.82. The number of likely N-dealkylation sites (tertiary alicyclic amines) is 1. The molecule has 2 unspecified atom stereocenters. The topological polar surface area (TPSA) is 36.4 Å². The van der Waals surface area contributed by atoms with E-state index in [1.54, 1.807) is 0 Å². The molecule has 1 amide bonds. The molecule has 2 aliphatic carbocycles. The molecule has 1 saturated heterocycles. The maximum atomic E-state index is 12.7. The van der Waals surface area contributed by atoms with Crippen LogP contribution in [0.4, 0.5) is 0 Å². The van der Waals surface area contributed by atoms with Crippen LogP contribution in [-0.4, -0.2) is 47.9 Å². The third kappa shape index (κ3) is 3.01. The van der Waals surface area contributed by atoms with Gasteiger partial charge in [0, 0.05) is 37.9 Å². The smallest absolute Gasteiger partial charge is 0.225 e. The first-order valence-electron chi connectivity index (χ1n) is 9.00. The number of nitrogens with zero attached hydrogens (tertiary/aromatic N) is 3. The number of carbonyl (C=O) groups excluding carboxylic acids is 1. The molecule has 1 aliphatic heterocycles. The molecule has 124 valence electrons. The quantitative estimate of drug-likeness (QED) is 0.838. The average Bonchev–Trinajstić information content (AvgIpc) is 3.45. The van der Waals surface area contributed by atoms with E-state index in [4.69, 9.17) is 0 Å². The molecule has 2 saturated carbocycles. The van der Waals surface area contributed by atoms with Crippen LogP contribution in [-0.2, 0) is 4.79 Å². The molecule has 3 fully saturated rings. The van der Waals surface area contributed by atoms with Gasteiger partial charge in [-0.05, 0) is 68.7 Å². The Hall–Kier alpha value is -1.42. The first kappa shape index (κ1) is 15.1. The minimum atomic E-state index is 0.337. The van der Waals surface area contributed by atoms with Gasteiger partial charge in [0.05, 0.1) is 0 Å². The Morgan fingerprint density at radius 2 is 2.22 bits per heavy atom. The largest absolute Gasteiger partial charge is 0.345 e. The predicted octanol–water partition coefficient (Wildman–Crippen LogP) is 2.58. The molecule has 1 aromatic rings. The van der Waals surface area contributed by atoms with E-state index in [0.717, 1.165) is 31.8 Å². The van der Waals surface area contributed by atoms with Crippen molar-refractivity contribution in [3.05, 3.63) is 30.1 Å². The third-order valence-electron chi connectivity index (χ3n) is 6.07. The van der Waals surface area contributed by atoms with Crippen LogP contribution in [0.1, 0.15) is 37.3 Å². The highest BCUT2D eigenvalue weighted by atomic mass is 16.2. The number of aromatic nitrogens is 1. The molecule has 0 spiro atoms. The van der Waals surface area contributed by atoms with Gasteiger partial charge in [0.1, 0.15) is 0 Å². The molecule has 4 rings (SSSR count). The molecular formula is C19H27N3O. The summed E-state index contributed by atoms with van der Waals surface area (Å²) in [4.78, 5) is 21.4. The standard InChI is InChI=1S/C19H27N3O/c1-21-9-7-15(18(21)14-4-3-8-20-11-14)12-22(2)19(23)17-10-16(17)13-5-6-13/h3-4,8,11,13,15-18H,5-7,9-10,12H2,1-2H3/t15-,16?,17?,18-/m0/s1. The van der Waals surface area contributed by atoms with Crippen molar-refractivity contribution in [3.8, 4) is 0 Å². The molecule has 0 radical (unpaired) electrons. The molecule has 1 aromatic heterocycles. The summed E-state index contributed by atoms with van der Waals surface area (Å²) in [6.45, 7) is 1.97. The van der Waals surface area contributed by atoms with E-state index in [1.807, 2.05) is 30.4 Å². The fourth-order valence-corrected chi connectivity index (χ4v) is 4.56. The Morgan fingerprint density at radius 3 is 2.91 bits per heavy atom. The van der Waals surface area contributed by atoms with Crippen molar-refractivity contribution in [3.63, 3.8) is 0 Å². The maximum Gasteiger partial charge on any atom is 0.225 e. The van der Waals surface area contributed by atoms with E-state index >= 15 is 0 Å². The van der Waals surface area contributed by atoms with E-state index in [0.29, 0.717) is 29.7 Å². The zero-order chi connectivity index (χ0) is 16.0. The zero-order valence-electron chi connectivity index (χ0n) is 14.2. The van der Waals surface area contributed by atoms with Gasteiger partial charge in [-0.1, -0.05) is 6.07 Å². The van der Waals surface area contributed by atoms with Crippen LogP contribution >= 0.6 is 0 Å². The van der Waals surface area contributed by atoms with Crippen LogP contribution in [0.5, 0.6) is 0 Å². The number of amides is 1. The van der Waals surface area contributed by atoms with Crippen molar-refractivity contribution >= 4 is 5.91 Å². The first-order valence-corrected chi connectivity index (χ1v) is 9.00. The lowest BCUT2D eigenvalue weighted by Gasteiger charge is -2.29. The monoisotopic (exact) mass is 313 g/mol. The van der Waals surface area contributed by atoms with Gasteiger partial charge in [0.25, 0.3) is 0 Å². The zero-order valence-corrected chi connectivity index (χ0v) is 14.2. The molecular weight excluding hydrogens is 286 g/mol. The van der Waals surface area contributed by atoms with Gasteiger partial charge in [0.2, 0.25) is 5.91 Å².